The number of amides is 1. The Labute approximate surface area is 132 Å². The number of nitrogens with one attached hydrogen (secondary N) is 1. The van der Waals surface area contributed by atoms with Gasteiger partial charge in [-0.2, -0.15) is 0 Å². The zero-order valence-electron chi connectivity index (χ0n) is 12.6. The molecule has 0 bridgehead atoms. The second-order valence-electron chi connectivity index (χ2n) is 5.35. The van der Waals surface area contributed by atoms with Crippen LogP contribution >= 0.6 is 11.6 Å². The molecule has 1 aliphatic rings. The number of carbonyl (C=O) groups excluding carboxylic acids is 1. The molecule has 1 saturated heterocycles. The first kappa shape index (κ1) is 16.1. The summed E-state index contributed by atoms with van der Waals surface area (Å²) in [5.74, 6) is 0.254. The van der Waals surface area contributed by atoms with Crippen LogP contribution in [-0.4, -0.2) is 50.1 Å². The maximum atomic E-state index is 12.1. The average molecular weight is 310 g/mol. The van der Waals surface area contributed by atoms with Gasteiger partial charge in [0.2, 0.25) is 5.91 Å². The second-order valence-corrected chi connectivity index (χ2v) is 5.78. The molecule has 4 nitrogen and oxygen atoms in total. The van der Waals surface area contributed by atoms with Crippen molar-refractivity contribution in [3.05, 3.63) is 29.3 Å². The van der Waals surface area contributed by atoms with Crippen LogP contribution in [0, 0.1) is 0 Å². The molecule has 0 aliphatic carbocycles. The fourth-order valence-electron chi connectivity index (χ4n) is 2.54. The van der Waals surface area contributed by atoms with Crippen LogP contribution in [-0.2, 0) is 4.79 Å². The summed E-state index contributed by atoms with van der Waals surface area (Å²) in [6.07, 6.45) is 1.70. The van der Waals surface area contributed by atoms with Gasteiger partial charge in [0.15, 0.2) is 0 Å². The SMILES string of the molecule is CCCNCCC(=O)N1CCN(c2cccc(Cl)c2)CC1. The van der Waals surface area contributed by atoms with Crippen molar-refractivity contribution >= 4 is 23.2 Å². The molecule has 0 spiro atoms. The van der Waals surface area contributed by atoms with Crippen LogP contribution in [0.5, 0.6) is 0 Å². The molecular weight excluding hydrogens is 286 g/mol. The van der Waals surface area contributed by atoms with Crippen molar-refractivity contribution in [1.82, 2.24) is 10.2 Å². The first-order valence-corrected chi connectivity index (χ1v) is 8.07. The number of benzene rings is 1. The maximum Gasteiger partial charge on any atom is 0.223 e. The molecule has 1 amide bonds. The second kappa shape index (κ2) is 8.25. The largest absolute Gasteiger partial charge is 0.368 e. The number of carbonyl (C=O) groups is 1. The molecule has 5 heteroatoms. The van der Waals surface area contributed by atoms with E-state index in [9.17, 15) is 4.79 Å². The van der Waals surface area contributed by atoms with Crippen molar-refractivity contribution in [2.75, 3.05) is 44.2 Å². The van der Waals surface area contributed by atoms with E-state index in [4.69, 9.17) is 11.6 Å². The maximum absolute atomic E-state index is 12.1. The summed E-state index contributed by atoms with van der Waals surface area (Å²) in [4.78, 5) is 16.4. The van der Waals surface area contributed by atoms with E-state index < -0.39 is 0 Å². The van der Waals surface area contributed by atoms with Gasteiger partial charge in [-0.15, -0.1) is 0 Å². The van der Waals surface area contributed by atoms with Gasteiger partial charge in [-0.05, 0) is 31.2 Å². The summed E-state index contributed by atoms with van der Waals surface area (Å²) in [5.41, 5.74) is 1.14. The van der Waals surface area contributed by atoms with Crippen molar-refractivity contribution in [2.45, 2.75) is 19.8 Å². The van der Waals surface area contributed by atoms with Crippen LogP contribution in [0.1, 0.15) is 19.8 Å². The molecule has 0 saturated carbocycles. The third-order valence-corrected chi connectivity index (χ3v) is 3.98. The highest BCUT2D eigenvalue weighted by atomic mass is 35.5. The fraction of sp³-hybridized carbons (Fsp3) is 0.562. The van der Waals surface area contributed by atoms with E-state index in [1.54, 1.807) is 0 Å². The summed E-state index contributed by atoms with van der Waals surface area (Å²) < 4.78 is 0. The van der Waals surface area contributed by atoms with Gasteiger partial charge >= 0.3 is 0 Å². The lowest BCUT2D eigenvalue weighted by molar-refractivity contribution is -0.131. The summed E-state index contributed by atoms with van der Waals surface area (Å²) in [7, 11) is 0. The van der Waals surface area contributed by atoms with Crippen LogP contribution in [0.25, 0.3) is 0 Å². The molecular formula is C16H24ClN3O. The Bertz CT molecular complexity index is 459. The highest BCUT2D eigenvalue weighted by Gasteiger charge is 2.20. The smallest absolute Gasteiger partial charge is 0.223 e. The molecule has 116 valence electrons. The Balaban J connectivity index is 1.76. The molecule has 1 fully saturated rings. The van der Waals surface area contributed by atoms with Crippen LogP contribution in [0.3, 0.4) is 0 Å². The number of rotatable bonds is 6. The van der Waals surface area contributed by atoms with Gasteiger partial charge in [-0.3, -0.25) is 4.79 Å². The lowest BCUT2D eigenvalue weighted by atomic mass is 10.2. The summed E-state index contributed by atoms with van der Waals surface area (Å²) in [6.45, 7) is 7.21. The molecule has 21 heavy (non-hydrogen) atoms. The average Bonchev–Trinajstić information content (AvgIpc) is 2.51. The summed E-state index contributed by atoms with van der Waals surface area (Å²) >= 11 is 6.03. The molecule has 1 aliphatic heterocycles. The molecule has 1 heterocycles. The van der Waals surface area contributed by atoms with E-state index in [1.165, 1.54) is 0 Å². The van der Waals surface area contributed by atoms with Crippen LogP contribution < -0.4 is 10.2 Å². The predicted octanol–water partition coefficient (Wildman–Crippen LogP) is 2.38. The number of piperazine rings is 1. The third-order valence-electron chi connectivity index (χ3n) is 3.75. The summed E-state index contributed by atoms with van der Waals surface area (Å²) in [5, 5.41) is 4.03. The van der Waals surface area contributed by atoms with E-state index in [2.05, 4.69) is 23.2 Å². The molecule has 1 aromatic rings. The lowest BCUT2D eigenvalue weighted by Gasteiger charge is -2.36. The van der Waals surface area contributed by atoms with Crippen LogP contribution in [0.15, 0.2) is 24.3 Å². The standard InChI is InChI=1S/C16H24ClN3O/c1-2-7-18-8-6-16(21)20-11-9-19(10-12-20)15-5-3-4-14(17)13-15/h3-5,13,18H,2,6-12H2,1H3. The molecule has 0 unspecified atom stereocenters. The number of anilines is 1. The van der Waals surface area contributed by atoms with Gasteiger partial charge in [0.1, 0.15) is 0 Å². The first-order valence-electron chi connectivity index (χ1n) is 7.69. The monoisotopic (exact) mass is 309 g/mol. The number of halogens is 1. The van der Waals surface area contributed by atoms with E-state index in [-0.39, 0.29) is 5.91 Å². The summed E-state index contributed by atoms with van der Waals surface area (Å²) in [6, 6.07) is 7.90. The van der Waals surface area contributed by atoms with Crippen molar-refractivity contribution < 1.29 is 4.79 Å². The fourth-order valence-corrected chi connectivity index (χ4v) is 2.73. The highest BCUT2D eigenvalue weighted by molar-refractivity contribution is 6.30. The first-order chi connectivity index (χ1) is 10.2. The number of hydrogen-bond donors (Lipinski definition) is 1. The van der Waals surface area contributed by atoms with E-state index in [0.717, 1.165) is 56.4 Å². The third kappa shape index (κ3) is 4.90. The Hall–Kier alpha value is -1.26. The topological polar surface area (TPSA) is 35.6 Å². The van der Waals surface area contributed by atoms with E-state index in [1.807, 2.05) is 23.1 Å². The Morgan fingerprint density at radius 3 is 2.67 bits per heavy atom. The number of hydrogen-bond acceptors (Lipinski definition) is 3. The predicted molar refractivity (Wildman–Crippen MR) is 88.0 cm³/mol. The molecule has 2 rings (SSSR count). The Morgan fingerprint density at radius 2 is 2.00 bits per heavy atom. The zero-order valence-corrected chi connectivity index (χ0v) is 13.4. The quantitative estimate of drug-likeness (QED) is 0.820. The van der Waals surface area contributed by atoms with Gasteiger partial charge < -0.3 is 15.1 Å². The molecule has 1 aromatic carbocycles. The molecule has 0 aromatic heterocycles. The Morgan fingerprint density at radius 1 is 1.24 bits per heavy atom. The van der Waals surface area contributed by atoms with Gasteiger partial charge in [-0.25, -0.2) is 0 Å². The van der Waals surface area contributed by atoms with E-state index >= 15 is 0 Å². The molecule has 0 atom stereocenters. The Kier molecular flexibility index (Phi) is 6.33. The normalized spacial score (nSPS) is 15.3. The highest BCUT2D eigenvalue weighted by Crippen LogP contribution is 2.20. The van der Waals surface area contributed by atoms with Gasteiger partial charge in [0.05, 0.1) is 0 Å². The zero-order chi connectivity index (χ0) is 15.1. The molecule has 1 N–H and O–H groups in total. The van der Waals surface area contributed by atoms with Crippen molar-refractivity contribution in [2.24, 2.45) is 0 Å². The van der Waals surface area contributed by atoms with Crippen LogP contribution in [0.4, 0.5) is 5.69 Å². The molecule has 0 radical (unpaired) electrons. The van der Waals surface area contributed by atoms with Crippen molar-refractivity contribution in [1.29, 1.82) is 0 Å². The minimum Gasteiger partial charge on any atom is -0.368 e. The van der Waals surface area contributed by atoms with Crippen molar-refractivity contribution in [3.63, 3.8) is 0 Å². The van der Waals surface area contributed by atoms with E-state index in [0.29, 0.717) is 6.42 Å². The minimum absolute atomic E-state index is 0.254. The van der Waals surface area contributed by atoms with Gasteiger partial charge in [0, 0.05) is 49.9 Å². The number of nitrogens with zero attached hydrogens (tertiary/aromatic N) is 2. The van der Waals surface area contributed by atoms with Crippen LogP contribution in [0.2, 0.25) is 5.02 Å². The van der Waals surface area contributed by atoms with Gasteiger partial charge in [0.25, 0.3) is 0 Å². The van der Waals surface area contributed by atoms with Crippen molar-refractivity contribution in [3.8, 4) is 0 Å². The lowest BCUT2D eigenvalue weighted by Crippen LogP contribution is -2.49. The minimum atomic E-state index is 0.254. The van der Waals surface area contributed by atoms with Gasteiger partial charge in [-0.1, -0.05) is 24.6 Å².